The Balaban J connectivity index is 2.65. The molecule has 0 fully saturated rings. The molecule has 0 saturated carbocycles. The van der Waals surface area contributed by atoms with E-state index in [0.717, 1.165) is 11.8 Å². The molecule has 54 valence electrons. The van der Waals surface area contributed by atoms with Crippen molar-refractivity contribution in [3.8, 4) is 5.40 Å². The molecule has 0 aromatic rings. The van der Waals surface area contributed by atoms with Crippen LogP contribution in [0.4, 0.5) is 0 Å². The Labute approximate surface area is 63.6 Å². The molecule has 1 atom stereocenters. The normalized spacial score (nSPS) is 28.1. The number of rotatable bonds is 1. The van der Waals surface area contributed by atoms with Crippen molar-refractivity contribution >= 4 is 21.6 Å². The maximum Gasteiger partial charge on any atom is 0.172 e. The van der Waals surface area contributed by atoms with Gasteiger partial charge >= 0.3 is 0 Å². The van der Waals surface area contributed by atoms with Gasteiger partial charge in [-0.05, 0) is 11.8 Å². The molecule has 0 aromatic heterocycles. The zero-order valence-electron chi connectivity index (χ0n) is 5.02. The van der Waals surface area contributed by atoms with Gasteiger partial charge in [0.15, 0.2) is 9.84 Å². The van der Waals surface area contributed by atoms with Crippen molar-refractivity contribution in [1.82, 2.24) is 0 Å². The summed E-state index contributed by atoms with van der Waals surface area (Å²) >= 11 is 0.981. The Morgan fingerprint density at radius 2 is 2.40 bits per heavy atom. The Kier molecular flexibility index (Phi) is 2.02. The highest BCUT2D eigenvalue weighted by Gasteiger charge is 2.21. The van der Waals surface area contributed by atoms with Gasteiger partial charge in [-0.1, -0.05) is 6.08 Å². The van der Waals surface area contributed by atoms with Crippen LogP contribution in [0.5, 0.6) is 0 Å². The molecule has 1 rings (SSSR count). The number of hydrogen-bond donors (Lipinski definition) is 0. The molecule has 1 heterocycles. The Bertz CT molecular complexity index is 285. The first kappa shape index (κ1) is 7.63. The number of thiocyanates is 1. The number of nitrogens with zero attached hydrogens (tertiary/aromatic N) is 1. The summed E-state index contributed by atoms with van der Waals surface area (Å²) in [6, 6.07) is 0. The molecule has 1 aliphatic rings. The second-order valence-electron chi connectivity index (χ2n) is 1.91. The molecule has 0 saturated heterocycles. The van der Waals surface area contributed by atoms with Gasteiger partial charge in [-0.25, -0.2) is 8.42 Å². The molecule has 0 radical (unpaired) electrons. The second kappa shape index (κ2) is 2.64. The number of nitriles is 1. The van der Waals surface area contributed by atoms with Crippen LogP contribution in [0.3, 0.4) is 0 Å². The zero-order chi connectivity index (χ0) is 7.61. The van der Waals surface area contributed by atoms with E-state index in [2.05, 4.69) is 0 Å². The van der Waals surface area contributed by atoms with E-state index in [1.807, 2.05) is 5.40 Å². The van der Waals surface area contributed by atoms with Crippen LogP contribution in [0, 0.1) is 10.7 Å². The lowest BCUT2D eigenvalue weighted by Crippen LogP contribution is -2.05. The minimum Gasteiger partial charge on any atom is -0.224 e. The zero-order valence-corrected chi connectivity index (χ0v) is 6.65. The van der Waals surface area contributed by atoms with Gasteiger partial charge in [-0.3, -0.25) is 0 Å². The fourth-order valence-electron chi connectivity index (χ4n) is 0.688. The summed E-state index contributed by atoms with van der Waals surface area (Å²) in [4.78, 5) is 0. The van der Waals surface area contributed by atoms with E-state index in [-0.39, 0.29) is 11.0 Å². The fraction of sp³-hybridized carbons (Fsp3) is 0.400. The van der Waals surface area contributed by atoms with Crippen molar-refractivity contribution in [3.63, 3.8) is 0 Å². The number of hydrogen-bond acceptors (Lipinski definition) is 4. The lowest BCUT2D eigenvalue weighted by molar-refractivity contribution is 0.606. The van der Waals surface area contributed by atoms with E-state index in [9.17, 15) is 8.42 Å². The van der Waals surface area contributed by atoms with Crippen molar-refractivity contribution in [2.45, 2.75) is 5.25 Å². The highest BCUT2D eigenvalue weighted by molar-refractivity contribution is 8.06. The van der Waals surface area contributed by atoms with E-state index in [1.165, 1.54) is 5.41 Å². The minimum atomic E-state index is -2.97. The first-order chi connectivity index (χ1) is 4.64. The molecular weight excluding hydrogens is 170 g/mol. The first-order valence-electron chi connectivity index (χ1n) is 2.60. The predicted octanol–water partition coefficient (Wildman–Crippen LogP) is 0.511. The minimum absolute atomic E-state index is 0.0746. The van der Waals surface area contributed by atoms with Gasteiger partial charge in [0, 0.05) is 5.41 Å². The molecular formula is C5H5NO2S2. The van der Waals surface area contributed by atoms with Crippen LogP contribution >= 0.6 is 11.8 Å². The smallest absolute Gasteiger partial charge is 0.172 e. The van der Waals surface area contributed by atoms with Crippen molar-refractivity contribution < 1.29 is 8.42 Å². The van der Waals surface area contributed by atoms with Gasteiger partial charge in [-0.2, -0.15) is 5.26 Å². The number of sulfone groups is 1. The molecule has 0 N–H and O–H groups in total. The van der Waals surface area contributed by atoms with Crippen LogP contribution in [-0.2, 0) is 9.84 Å². The summed E-state index contributed by atoms with van der Waals surface area (Å²) in [5, 5.41) is 11.0. The second-order valence-corrected chi connectivity index (χ2v) is 4.86. The van der Waals surface area contributed by atoms with Crippen LogP contribution < -0.4 is 0 Å². The average Bonchev–Trinajstić information content (AvgIpc) is 2.12. The summed E-state index contributed by atoms with van der Waals surface area (Å²) in [6.45, 7) is 0. The third kappa shape index (κ3) is 1.75. The molecule has 0 aromatic carbocycles. The van der Waals surface area contributed by atoms with Crippen LogP contribution in [0.1, 0.15) is 0 Å². The standard InChI is InChI=1S/C5H5NO2S2/c6-4-9-5-1-2-10(7,8)3-5/h1-2,5H,3H2/t5-/m0/s1. The van der Waals surface area contributed by atoms with E-state index in [4.69, 9.17) is 5.26 Å². The maximum absolute atomic E-state index is 10.7. The summed E-state index contributed by atoms with van der Waals surface area (Å²) in [5.74, 6) is 0.0746. The predicted molar refractivity (Wildman–Crippen MR) is 39.9 cm³/mol. The van der Waals surface area contributed by atoms with Crippen molar-refractivity contribution in [2.24, 2.45) is 0 Å². The fourth-order valence-corrected chi connectivity index (χ4v) is 3.03. The largest absolute Gasteiger partial charge is 0.224 e. The highest BCUT2D eigenvalue weighted by Crippen LogP contribution is 2.19. The van der Waals surface area contributed by atoms with Crippen molar-refractivity contribution in [1.29, 1.82) is 5.26 Å². The van der Waals surface area contributed by atoms with Gasteiger partial charge in [-0.15, -0.1) is 0 Å². The van der Waals surface area contributed by atoms with Crippen LogP contribution in [0.2, 0.25) is 0 Å². The molecule has 0 spiro atoms. The van der Waals surface area contributed by atoms with Gasteiger partial charge in [0.2, 0.25) is 0 Å². The topological polar surface area (TPSA) is 57.9 Å². The molecule has 0 unspecified atom stereocenters. The van der Waals surface area contributed by atoms with E-state index >= 15 is 0 Å². The van der Waals surface area contributed by atoms with E-state index in [0.29, 0.717) is 0 Å². The molecule has 3 nitrogen and oxygen atoms in total. The maximum atomic E-state index is 10.7. The molecule has 5 heteroatoms. The van der Waals surface area contributed by atoms with Crippen LogP contribution in [0.25, 0.3) is 0 Å². The summed E-state index contributed by atoms with van der Waals surface area (Å²) in [6.07, 6.45) is 1.54. The van der Waals surface area contributed by atoms with Crippen molar-refractivity contribution in [2.75, 3.05) is 5.75 Å². The van der Waals surface area contributed by atoms with Gasteiger partial charge in [0.25, 0.3) is 0 Å². The SMILES string of the molecule is N#CS[C@H]1C=CS(=O)(=O)C1. The van der Waals surface area contributed by atoms with E-state index in [1.54, 1.807) is 6.08 Å². The van der Waals surface area contributed by atoms with E-state index < -0.39 is 9.84 Å². The molecule has 0 amide bonds. The van der Waals surface area contributed by atoms with Crippen LogP contribution in [-0.4, -0.2) is 19.4 Å². The summed E-state index contributed by atoms with van der Waals surface area (Å²) < 4.78 is 21.4. The van der Waals surface area contributed by atoms with Gasteiger partial charge in [0.05, 0.1) is 11.0 Å². The first-order valence-corrected chi connectivity index (χ1v) is 5.19. The quantitative estimate of drug-likeness (QED) is 0.545. The van der Waals surface area contributed by atoms with Gasteiger partial charge < -0.3 is 0 Å². The Morgan fingerprint density at radius 3 is 2.80 bits per heavy atom. The lowest BCUT2D eigenvalue weighted by atomic mass is 10.5. The Morgan fingerprint density at radius 1 is 1.70 bits per heavy atom. The van der Waals surface area contributed by atoms with Crippen LogP contribution in [0.15, 0.2) is 11.5 Å². The average molecular weight is 175 g/mol. The highest BCUT2D eigenvalue weighted by atomic mass is 32.2. The molecule has 10 heavy (non-hydrogen) atoms. The molecule has 1 aliphatic heterocycles. The number of thioether (sulfide) groups is 1. The molecule has 0 aliphatic carbocycles. The third-order valence-corrected chi connectivity index (χ3v) is 3.44. The monoisotopic (exact) mass is 175 g/mol. The summed E-state index contributed by atoms with van der Waals surface area (Å²) in [7, 11) is -2.97. The Hall–Kier alpha value is -0.470. The third-order valence-electron chi connectivity index (χ3n) is 1.10. The van der Waals surface area contributed by atoms with Gasteiger partial charge in [0.1, 0.15) is 5.40 Å². The molecule has 0 bridgehead atoms. The summed E-state index contributed by atoms with van der Waals surface area (Å²) in [5.41, 5.74) is 0. The lowest BCUT2D eigenvalue weighted by Gasteiger charge is -1.95. The van der Waals surface area contributed by atoms with Crippen molar-refractivity contribution in [3.05, 3.63) is 11.5 Å².